The predicted octanol–water partition coefficient (Wildman–Crippen LogP) is 3.99. The van der Waals surface area contributed by atoms with E-state index in [2.05, 4.69) is 22.4 Å². The van der Waals surface area contributed by atoms with Crippen LogP contribution in [0, 0.1) is 0 Å². The molecule has 1 aromatic carbocycles. The summed E-state index contributed by atoms with van der Waals surface area (Å²) in [5.41, 5.74) is -4.78. The van der Waals surface area contributed by atoms with Crippen LogP contribution < -0.4 is 4.74 Å². The summed E-state index contributed by atoms with van der Waals surface area (Å²) in [7, 11) is -5.66. The molecule has 0 bridgehead atoms. The fourth-order valence-corrected chi connectivity index (χ4v) is 4.23. The van der Waals surface area contributed by atoms with Crippen LogP contribution in [-0.4, -0.2) is 44.6 Å². The molecule has 1 aliphatic heterocycles. The van der Waals surface area contributed by atoms with Crippen LogP contribution >= 0.6 is 12.0 Å². The smallest absolute Gasteiger partial charge is 0.492 e. The maximum atomic E-state index is 12.5. The largest absolute Gasteiger partial charge is 0.524 e. The normalized spacial score (nSPS) is 17.8. The molecule has 1 atom stereocenters. The van der Waals surface area contributed by atoms with Crippen LogP contribution in [0.15, 0.2) is 23.1 Å². The van der Waals surface area contributed by atoms with Crippen LogP contribution in [0.2, 0.25) is 0 Å². The minimum Gasteiger partial charge on any atom is -0.492 e. The lowest BCUT2D eigenvalue weighted by atomic mass is 10.0. The lowest BCUT2D eigenvalue weighted by Crippen LogP contribution is -2.44. The standard InChI is InChI=1S/C16H22F3NO4S2/c1-3-8-20(9-4-2)12-10-13-14(23-11-12)6-5-7-15(13)25-24-26(21,22)16(17,18)19/h5-7,12H,3-4,8-11H2,1-2H3. The Bertz CT molecular complexity index is 704. The third kappa shape index (κ3) is 5.05. The Morgan fingerprint density at radius 3 is 2.50 bits per heavy atom. The Morgan fingerprint density at radius 2 is 1.92 bits per heavy atom. The SMILES string of the molecule is CCCN(CCC)C1COc2cccc(SOS(=O)(=O)C(F)(F)F)c2C1. The summed E-state index contributed by atoms with van der Waals surface area (Å²) in [6, 6.07) is 4.94. The molecule has 5 nitrogen and oxygen atoms in total. The van der Waals surface area contributed by atoms with Crippen molar-refractivity contribution in [2.24, 2.45) is 0 Å². The molecule has 0 amide bonds. The molecular formula is C16H22F3NO4S2. The zero-order valence-electron chi connectivity index (χ0n) is 14.6. The Morgan fingerprint density at radius 1 is 1.27 bits per heavy atom. The third-order valence-corrected chi connectivity index (χ3v) is 6.11. The van der Waals surface area contributed by atoms with Gasteiger partial charge < -0.3 is 4.74 Å². The fourth-order valence-electron chi connectivity index (χ4n) is 2.85. The summed E-state index contributed by atoms with van der Waals surface area (Å²) < 4.78 is 69.5. The first-order chi connectivity index (χ1) is 12.2. The number of benzene rings is 1. The molecule has 0 saturated heterocycles. The number of ether oxygens (including phenoxy) is 1. The molecule has 0 spiro atoms. The lowest BCUT2D eigenvalue weighted by molar-refractivity contribution is -0.0494. The van der Waals surface area contributed by atoms with Gasteiger partial charge in [0.15, 0.2) is 0 Å². The summed E-state index contributed by atoms with van der Waals surface area (Å²) in [4.78, 5) is 2.60. The molecule has 0 saturated carbocycles. The summed E-state index contributed by atoms with van der Waals surface area (Å²) in [5.74, 6) is 0.548. The fraction of sp³-hybridized carbons (Fsp3) is 0.625. The summed E-state index contributed by atoms with van der Waals surface area (Å²) in [6.45, 7) is 6.44. The molecule has 1 heterocycles. The number of alkyl halides is 3. The number of halogens is 3. The lowest BCUT2D eigenvalue weighted by Gasteiger charge is -2.35. The monoisotopic (exact) mass is 413 g/mol. The first-order valence-electron chi connectivity index (χ1n) is 8.35. The summed E-state index contributed by atoms with van der Waals surface area (Å²) in [6.07, 6.45) is 2.52. The van der Waals surface area contributed by atoms with E-state index < -0.39 is 15.6 Å². The second-order valence-electron chi connectivity index (χ2n) is 5.99. The van der Waals surface area contributed by atoms with E-state index in [1.54, 1.807) is 12.1 Å². The highest BCUT2D eigenvalue weighted by molar-refractivity contribution is 8.04. The molecular weight excluding hydrogens is 391 g/mol. The van der Waals surface area contributed by atoms with Crippen molar-refractivity contribution >= 4 is 22.2 Å². The van der Waals surface area contributed by atoms with Gasteiger partial charge in [-0.25, -0.2) is 0 Å². The van der Waals surface area contributed by atoms with Gasteiger partial charge in [0.1, 0.15) is 12.4 Å². The first-order valence-corrected chi connectivity index (χ1v) is 10.5. The van der Waals surface area contributed by atoms with Crippen molar-refractivity contribution in [1.82, 2.24) is 4.90 Å². The van der Waals surface area contributed by atoms with E-state index in [1.165, 1.54) is 6.07 Å². The van der Waals surface area contributed by atoms with Gasteiger partial charge >= 0.3 is 15.6 Å². The predicted molar refractivity (Wildman–Crippen MR) is 93.5 cm³/mol. The van der Waals surface area contributed by atoms with Crippen molar-refractivity contribution in [3.63, 3.8) is 0 Å². The molecule has 0 aromatic heterocycles. The quantitative estimate of drug-likeness (QED) is 0.475. The topological polar surface area (TPSA) is 55.8 Å². The second kappa shape index (κ2) is 8.81. The highest BCUT2D eigenvalue weighted by atomic mass is 32.3. The third-order valence-electron chi connectivity index (χ3n) is 4.00. The number of hydrogen-bond donors (Lipinski definition) is 0. The van der Waals surface area contributed by atoms with Crippen molar-refractivity contribution in [2.75, 3.05) is 19.7 Å². The van der Waals surface area contributed by atoms with Crippen molar-refractivity contribution in [3.05, 3.63) is 23.8 Å². The van der Waals surface area contributed by atoms with Crippen molar-refractivity contribution in [3.8, 4) is 5.75 Å². The molecule has 2 rings (SSSR count). The molecule has 0 aliphatic carbocycles. The molecule has 1 aliphatic rings. The van der Waals surface area contributed by atoms with E-state index in [-0.39, 0.29) is 18.1 Å². The van der Waals surface area contributed by atoms with Crippen LogP contribution in [0.1, 0.15) is 32.3 Å². The van der Waals surface area contributed by atoms with Gasteiger partial charge in [-0.05, 0) is 44.5 Å². The van der Waals surface area contributed by atoms with Gasteiger partial charge in [0.25, 0.3) is 0 Å². The minimum atomic E-state index is -5.66. The van der Waals surface area contributed by atoms with E-state index >= 15 is 0 Å². The van der Waals surface area contributed by atoms with E-state index in [4.69, 9.17) is 4.74 Å². The van der Waals surface area contributed by atoms with Crippen LogP contribution in [0.5, 0.6) is 5.75 Å². The van der Waals surface area contributed by atoms with Crippen molar-refractivity contribution in [2.45, 2.75) is 49.6 Å². The Labute approximate surface area is 156 Å². The van der Waals surface area contributed by atoms with Crippen LogP contribution in [0.3, 0.4) is 0 Å². The van der Waals surface area contributed by atoms with E-state index in [0.29, 0.717) is 29.2 Å². The Kier molecular flexibility index (Phi) is 7.23. The van der Waals surface area contributed by atoms with Crippen LogP contribution in [0.4, 0.5) is 13.2 Å². The molecule has 0 N–H and O–H groups in total. The highest BCUT2D eigenvalue weighted by Crippen LogP contribution is 2.38. The van der Waals surface area contributed by atoms with Gasteiger partial charge in [-0.1, -0.05) is 19.9 Å². The molecule has 10 heteroatoms. The number of rotatable bonds is 8. The van der Waals surface area contributed by atoms with E-state index in [1.807, 2.05) is 0 Å². The van der Waals surface area contributed by atoms with Crippen molar-refractivity contribution < 1.29 is 30.0 Å². The maximum Gasteiger partial charge on any atom is 0.524 e. The van der Waals surface area contributed by atoms with Crippen molar-refractivity contribution in [1.29, 1.82) is 0 Å². The average Bonchev–Trinajstić information content (AvgIpc) is 2.58. The second-order valence-corrected chi connectivity index (χ2v) is 8.51. The van der Waals surface area contributed by atoms with Crippen LogP contribution in [0.25, 0.3) is 0 Å². The summed E-state index contributed by atoms with van der Waals surface area (Å²) in [5, 5.41) is 0. The van der Waals surface area contributed by atoms with Gasteiger partial charge in [0, 0.05) is 16.5 Å². The zero-order valence-corrected chi connectivity index (χ0v) is 16.2. The zero-order chi connectivity index (χ0) is 19.4. The first kappa shape index (κ1) is 21.3. The van der Waals surface area contributed by atoms with E-state index in [9.17, 15) is 21.6 Å². The van der Waals surface area contributed by atoms with Gasteiger partial charge in [0.05, 0.1) is 12.0 Å². The molecule has 0 fully saturated rings. The van der Waals surface area contributed by atoms with Crippen LogP contribution in [-0.2, 0) is 20.2 Å². The number of nitrogens with zero attached hydrogens (tertiary/aromatic N) is 1. The molecule has 0 radical (unpaired) electrons. The minimum absolute atomic E-state index is 0.0865. The van der Waals surface area contributed by atoms with Gasteiger partial charge in [-0.3, -0.25) is 4.90 Å². The molecule has 148 valence electrons. The molecule has 26 heavy (non-hydrogen) atoms. The number of hydrogen-bond acceptors (Lipinski definition) is 6. The Balaban J connectivity index is 2.18. The van der Waals surface area contributed by atoms with Gasteiger partial charge in [-0.2, -0.15) is 25.2 Å². The average molecular weight is 413 g/mol. The molecule has 1 aromatic rings. The molecule has 1 unspecified atom stereocenters. The summed E-state index contributed by atoms with van der Waals surface area (Å²) >= 11 is 0.203. The highest BCUT2D eigenvalue weighted by Gasteiger charge is 2.48. The van der Waals surface area contributed by atoms with Gasteiger partial charge in [-0.15, -0.1) is 0 Å². The Hall–Kier alpha value is -0.970. The van der Waals surface area contributed by atoms with Gasteiger partial charge in [0.2, 0.25) is 0 Å². The maximum absolute atomic E-state index is 12.5. The number of fused-ring (bicyclic) bond motifs is 1. The van der Waals surface area contributed by atoms with E-state index in [0.717, 1.165) is 25.9 Å².